The zero-order valence-electron chi connectivity index (χ0n) is 29.4. The minimum atomic E-state index is 1.13. The highest BCUT2D eigenvalue weighted by molar-refractivity contribution is 7.26. The summed E-state index contributed by atoms with van der Waals surface area (Å²) in [6.07, 6.45) is 0. The van der Waals surface area contributed by atoms with Gasteiger partial charge in [0.1, 0.15) is 0 Å². The van der Waals surface area contributed by atoms with Crippen LogP contribution in [0, 0.1) is 0 Å². The molecule has 0 aliphatic rings. The van der Waals surface area contributed by atoms with Gasteiger partial charge in [-0.1, -0.05) is 164 Å². The van der Waals surface area contributed by atoms with E-state index in [0.717, 1.165) is 11.4 Å². The Kier molecular flexibility index (Phi) is 7.11. The number of hydrogen-bond donors (Lipinski definition) is 0. The predicted octanol–water partition coefficient (Wildman–Crippen LogP) is 15.5. The van der Waals surface area contributed by atoms with Crippen LogP contribution in [0.15, 0.2) is 200 Å². The fourth-order valence-electron chi connectivity index (χ4n) is 8.56. The Morgan fingerprint density at radius 2 is 0.870 bits per heavy atom. The molecule has 2 heteroatoms. The van der Waals surface area contributed by atoms with E-state index in [0.29, 0.717) is 0 Å². The van der Waals surface area contributed by atoms with Crippen molar-refractivity contribution in [2.24, 2.45) is 0 Å². The lowest BCUT2D eigenvalue weighted by atomic mass is 9.88. The van der Waals surface area contributed by atoms with E-state index in [2.05, 4.69) is 205 Å². The van der Waals surface area contributed by atoms with E-state index in [1.807, 2.05) is 11.3 Å². The van der Waals surface area contributed by atoms with Gasteiger partial charge in [0.15, 0.2) is 0 Å². The number of hydrogen-bond acceptors (Lipinski definition) is 2. The van der Waals surface area contributed by atoms with Crippen molar-refractivity contribution in [1.29, 1.82) is 0 Å². The van der Waals surface area contributed by atoms with E-state index in [1.165, 1.54) is 91.2 Å². The number of rotatable bonds is 5. The summed E-state index contributed by atoms with van der Waals surface area (Å²) in [6.45, 7) is 0. The molecular formula is C52H33NS. The Bertz CT molecular complexity index is 3240. The molecule has 0 aliphatic heterocycles. The van der Waals surface area contributed by atoms with Crippen LogP contribution in [0.25, 0.3) is 85.5 Å². The minimum absolute atomic E-state index is 1.13. The standard InChI is InChI=1S/C52H33NS/c1-2-16-35-31-38(30-29-34(35)15-1)53(49-33-37-18-4-6-20-40(37)52-51(49)46-26-12-14-28-50(46)54-52)48-27-13-11-25-45(48)42-22-8-10-24-44(42)47-32-36-17-3-5-19-39(36)41-21-7-9-23-43(41)47/h1-33H. The smallest absolute Gasteiger partial charge is 0.0561 e. The largest absolute Gasteiger partial charge is 0.309 e. The quantitative estimate of drug-likeness (QED) is 0.161. The van der Waals surface area contributed by atoms with Crippen LogP contribution in [0.3, 0.4) is 0 Å². The van der Waals surface area contributed by atoms with Gasteiger partial charge in [0.05, 0.1) is 11.4 Å². The molecule has 11 aromatic rings. The van der Waals surface area contributed by atoms with E-state index in [-0.39, 0.29) is 0 Å². The van der Waals surface area contributed by atoms with Crippen LogP contribution in [0.1, 0.15) is 0 Å². The molecule has 0 saturated heterocycles. The summed E-state index contributed by atoms with van der Waals surface area (Å²) >= 11 is 1.89. The molecule has 54 heavy (non-hydrogen) atoms. The van der Waals surface area contributed by atoms with Crippen LogP contribution in [0.2, 0.25) is 0 Å². The lowest BCUT2D eigenvalue weighted by Gasteiger charge is -2.30. The van der Waals surface area contributed by atoms with Crippen molar-refractivity contribution in [3.8, 4) is 22.3 Å². The van der Waals surface area contributed by atoms with Gasteiger partial charge in [0, 0.05) is 31.4 Å². The Balaban J connectivity index is 1.23. The van der Waals surface area contributed by atoms with Crippen LogP contribution in [0.4, 0.5) is 17.1 Å². The maximum absolute atomic E-state index is 2.52. The molecule has 0 amide bonds. The van der Waals surface area contributed by atoms with Crippen LogP contribution in [-0.4, -0.2) is 0 Å². The van der Waals surface area contributed by atoms with Crippen LogP contribution < -0.4 is 4.90 Å². The third-order valence-corrected chi connectivity index (χ3v) is 12.2. The summed E-state index contributed by atoms with van der Waals surface area (Å²) < 4.78 is 2.61. The third kappa shape index (κ3) is 4.85. The van der Waals surface area contributed by atoms with Crippen molar-refractivity contribution >= 4 is 91.7 Å². The molecule has 0 saturated carbocycles. The van der Waals surface area contributed by atoms with E-state index >= 15 is 0 Å². The molecule has 0 fully saturated rings. The first kappa shape index (κ1) is 30.8. The van der Waals surface area contributed by atoms with E-state index in [1.54, 1.807) is 0 Å². The molecule has 10 aromatic carbocycles. The topological polar surface area (TPSA) is 3.24 Å². The molecule has 0 aliphatic carbocycles. The maximum Gasteiger partial charge on any atom is 0.0561 e. The van der Waals surface area contributed by atoms with Gasteiger partial charge in [0.2, 0.25) is 0 Å². The summed E-state index contributed by atoms with van der Waals surface area (Å²) in [5, 5.41) is 12.6. The van der Waals surface area contributed by atoms with Gasteiger partial charge in [0.25, 0.3) is 0 Å². The van der Waals surface area contributed by atoms with Crippen molar-refractivity contribution in [1.82, 2.24) is 0 Å². The highest BCUT2D eigenvalue weighted by Crippen LogP contribution is 2.51. The molecule has 252 valence electrons. The van der Waals surface area contributed by atoms with Crippen LogP contribution in [0.5, 0.6) is 0 Å². The Hall–Kier alpha value is -6.74. The Morgan fingerprint density at radius 3 is 1.67 bits per heavy atom. The first-order chi connectivity index (χ1) is 26.8. The van der Waals surface area contributed by atoms with Gasteiger partial charge < -0.3 is 4.90 Å². The number of fused-ring (bicyclic) bond motifs is 9. The fraction of sp³-hybridized carbons (Fsp3) is 0. The Morgan fingerprint density at radius 1 is 0.315 bits per heavy atom. The number of anilines is 3. The van der Waals surface area contributed by atoms with Crippen molar-refractivity contribution in [2.75, 3.05) is 4.90 Å². The lowest BCUT2D eigenvalue weighted by Crippen LogP contribution is -2.12. The second kappa shape index (κ2) is 12.4. The van der Waals surface area contributed by atoms with E-state index < -0.39 is 0 Å². The second-order valence-electron chi connectivity index (χ2n) is 14.0. The van der Waals surface area contributed by atoms with Gasteiger partial charge in [-0.3, -0.25) is 0 Å². The van der Waals surface area contributed by atoms with Crippen molar-refractivity contribution in [2.45, 2.75) is 0 Å². The van der Waals surface area contributed by atoms with Crippen LogP contribution >= 0.6 is 11.3 Å². The number of benzene rings is 10. The fourth-order valence-corrected chi connectivity index (χ4v) is 9.82. The van der Waals surface area contributed by atoms with Gasteiger partial charge in [-0.15, -0.1) is 11.3 Å². The predicted molar refractivity (Wildman–Crippen MR) is 235 cm³/mol. The molecule has 1 nitrogen and oxygen atoms in total. The number of thiophene rings is 1. The molecule has 1 aromatic heterocycles. The highest BCUT2D eigenvalue weighted by Gasteiger charge is 2.24. The summed E-state index contributed by atoms with van der Waals surface area (Å²) in [5.74, 6) is 0. The molecule has 0 radical (unpaired) electrons. The molecule has 0 bridgehead atoms. The van der Waals surface area contributed by atoms with Gasteiger partial charge in [-0.25, -0.2) is 0 Å². The van der Waals surface area contributed by atoms with Crippen molar-refractivity contribution < 1.29 is 0 Å². The SMILES string of the molecule is c1ccc(-c2cc3ccccc3c3ccccc23)c(-c2ccccc2N(c2ccc3ccccc3c2)c2cc3ccccc3c3sc4ccccc4c23)c1. The normalized spacial score (nSPS) is 11.7. The van der Waals surface area contributed by atoms with Gasteiger partial charge >= 0.3 is 0 Å². The third-order valence-electron chi connectivity index (χ3n) is 11.0. The minimum Gasteiger partial charge on any atom is -0.309 e. The monoisotopic (exact) mass is 703 g/mol. The molecule has 11 rings (SSSR count). The average molecular weight is 704 g/mol. The molecule has 0 unspecified atom stereocenters. The van der Waals surface area contributed by atoms with Crippen molar-refractivity contribution in [3.05, 3.63) is 200 Å². The second-order valence-corrected chi connectivity index (χ2v) is 15.1. The molecule has 0 atom stereocenters. The first-order valence-electron chi connectivity index (χ1n) is 18.5. The molecular weight excluding hydrogens is 671 g/mol. The maximum atomic E-state index is 2.52. The van der Waals surface area contributed by atoms with Gasteiger partial charge in [-0.05, 0) is 96.2 Å². The van der Waals surface area contributed by atoms with Crippen LogP contribution in [-0.2, 0) is 0 Å². The zero-order valence-corrected chi connectivity index (χ0v) is 30.2. The van der Waals surface area contributed by atoms with E-state index in [4.69, 9.17) is 0 Å². The van der Waals surface area contributed by atoms with Gasteiger partial charge in [-0.2, -0.15) is 0 Å². The zero-order chi connectivity index (χ0) is 35.6. The molecule has 1 heterocycles. The molecule has 0 spiro atoms. The highest BCUT2D eigenvalue weighted by atomic mass is 32.1. The molecule has 0 N–H and O–H groups in total. The van der Waals surface area contributed by atoms with E-state index in [9.17, 15) is 0 Å². The summed E-state index contributed by atoms with van der Waals surface area (Å²) in [7, 11) is 0. The Labute approximate surface area is 317 Å². The number of para-hydroxylation sites is 1. The first-order valence-corrected chi connectivity index (χ1v) is 19.3. The van der Waals surface area contributed by atoms with Crippen molar-refractivity contribution in [3.63, 3.8) is 0 Å². The summed E-state index contributed by atoms with van der Waals surface area (Å²) in [5.41, 5.74) is 8.28. The lowest BCUT2D eigenvalue weighted by molar-refractivity contribution is 1.31. The summed E-state index contributed by atoms with van der Waals surface area (Å²) in [6, 6.07) is 73.6. The summed E-state index contributed by atoms with van der Waals surface area (Å²) in [4.78, 5) is 2.52. The number of nitrogens with zero attached hydrogens (tertiary/aromatic N) is 1. The average Bonchev–Trinajstić information content (AvgIpc) is 3.64.